The van der Waals surface area contributed by atoms with Crippen molar-refractivity contribution in [3.63, 3.8) is 0 Å². The quantitative estimate of drug-likeness (QED) is 0.873. The van der Waals surface area contributed by atoms with Crippen LogP contribution in [0.25, 0.3) is 0 Å². The van der Waals surface area contributed by atoms with Crippen molar-refractivity contribution in [2.75, 3.05) is 31.7 Å². The molecule has 4 nitrogen and oxygen atoms in total. The van der Waals surface area contributed by atoms with E-state index in [4.69, 9.17) is 5.26 Å². The molecule has 0 aliphatic carbocycles. The Kier molecular flexibility index (Phi) is 5.20. The van der Waals surface area contributed by atoms with Crippen LogP contribution in [0.1, 0.15) is 18.1 Å². The molecule has 1 aromatic carbocycles. The number of hydrogen-bond acceptors (Lipinski definition) is 4. The molecule has 0 saturated heterocycles. The predicted molar refractivity (Wildman–Crippen MR) is 71.7 cm³/mol. The lowest BCUT2D eigenvalue weighted by molar-refractivity contribution is -0.137. The number of aliphatic hydroxyl groups excluding tert-OH is 2. The number of halogens is 3. The molecule has 2 N–H and O–H groups in total. The van der Waals surface area contributed by atoms with E-state index in [0.29, 0.717) is 5.69 Å². The van der Waals surface area contributed by atoms with Gasteiger partial charge in [0.05, 0.1) is 30.4 Å². The number of nitrogens with zero attached hydrogens (tertiary/aromatic N) is 2. The Balaban J connectivity index is 3.08. The monoisotopic (exact) mass is 302 g/mol. The molecule has 0 fully saturated rings. The summed E-state index contributed by atoms with van der Waals surface area (Å²) in [5, 5.41) is 27.4. The largest absolute Gasteiger partial charge is 0.417 e. The van der Waals surface area contributed by atoms with Crippen molar-refractivity contribution in [2.45, 2.75) is 13.1 Å². The van der Waals surface area contributed by atoms with E-state index in [-0.39, 0.29) is 19.8 Å². The van der Waals surface area contributed by atoms with Gasteiger partial charge >= 0.3 is 6.18 Å². The lowest BCUT2D eigenvalue weighted by Crippen LogP contribution is -2.39. The summed E-state index contributed by atoms with van der Waals surface area (Å²) >= 11 is 0. The standard InChI is InChI=1S/C14H17F3N2O2/c1-13(8-20,9-21)7-19(2)11-3-4-12(14(15,16)17)10(5-11)6-18/h3-5,20-21H,7-9H2,1-2H3. The Labute approximate surface area is 121 Å². The second kappa shape index (κ2) is 6.33. The molecule has 0 radical (unpaired) electrons. The predicted octanol–water partition coefficient (Wildman–Crippen LogP) is 2.00. The molecule has 1 aromatic rings. The van der Waals surface area contributed by atoms with Gasteiger partial charge in [-0.25, -0.2) is 0 Å². The summed E-state index contributed by atoms with van der Waals surface area (Å²) < 4.78 is 38.2. The number of anilines is 1. The Bertz CT molecular complexity index is 534. The number of rotatable bonds is 5. The minimum atomic E-state index is -4.58. The van der Waals surface area contributed by atoms with Gasteiger partial charge in [-0.1, -0.05) is 6.92 Å². The second-order valence-electron chi connectivity index (χ2n) is 5.32. The van der Waals surface area contributed by atoms with Gasteiger partial charge in [-0.05, 0) is 18.2 Å². The molecule has 7 heteroatoms. The maximum atomic E-state index is 12.7. The first-order valence-electron chi connectivity index (χ1n) is 6.21. The third-order valence-electron chi connectivity index (χ3n) is 3.25. The van der Waals surface area contributed by atoms with Crippen LogP contribution >= 0.6 is 0 Å². The maximum absolute atomic E-state index is 12.7. The second-order valence-corrected chi connectivity index (χ2v) is 5.32. The number of aliphatic hydroxyl groups is 2. The van der Waals surface area contributed by atoms with Crippen LogP contribution in [0.4, 0.5) is 18.9 Å². The smallest absolute Gasteiger partial charge is 0.396 e. The average Bonchev–Trinajstić information content (AvgIpc) is 2.45. The van der Waals surface area contributed by atoms with E-state index < -0.39 is 22.7 Å². The molecule has 21 heavy (non-hydrogen) atoms. The van der Waals surface area contributed by atoms with Gasteiger partial charge in [0.1, 0.15) is 0 Å². The highest BCUT2D eigenvalue weighted by Crippen LogP contribution is 2.34. The third-order valence-corrected chi connectivity index (χ3v) is 3.25. The number of alkyl halides is 3. The van der Waals surface area contributed by atoms with E-state index in [1.807, 2.05) is 0 Å². The molecule has 0 amide bonds. The average molecular weight is 302 g/mol. The van der Waals surface area contributed by atoms with Crippen LogP contribution in [0.15, 0.2) is 18.2 Å². The highest BCUT2D eigenvalue weighted by molar-refractivity contribution is 5.55. The van der Waals surface area contributed by atoms with Gasteiger partial charge in [0.2, 0.25) is 0 Å². The summed E-state index contributed by atoms with van der Waals surface area (Å²) in [7, 11) is 1.62. The number of hydrogen-bond donors (Lipinski definition) is 2. The first-order valence-corrected chi connectivity index (χ1v) is 6.21. The van der Waals surface area contributed by atoms with Crippen LogP contribution in [0.2, 0.25) is 0 Å². The van der Waals surface area contributed by atoms with Crippen LogP contribution in [0.5, 0.6) is 0 Å². The van der Waals surface area contributed by atoms with E-state index >= 15 is 0 Å². The van der Waals surface area contributed by atoms with Crippen molar-refractivity contribution >= 4 is 5.69 Å². The summed E-state index contributed by atoms with van der Waals surface area (Å²) in [6.07, 6.45) is -4.58. The number of benzene rings is 1. The zero-order valence-electron chi connectivity index (χ0n) is 11.8. The van der Waals surface area contributed by atoms with Crippen LogP contribution in [0.3, 0.4) is 0 Å². The van der Waals surface area contributed by atoms with Crippen molar-refractivity contribution in [3.05, 3.63) is 29.3 Å². The maximum Gasteiger partial charge on any atom is 0.417 e. The SMILES string of the molecule is CN(CC(C)(CO)CO)c1ccc(C(F)(F)F)c(C#N)c1. The molecule has 1 rings (SSSR count). The van der Waals surface area contributed by atoms with Crippen molar-refractivity contribution in [1.82, 2.24) is 0 Å². The Morgan fingerprint density at radius 3 is 2.24 bits per heavy atom. The molecule has 0 atom stereocenters. The van der Waals surface area contributed by atoms with Crippen LogP contribution in [-0.4, -0.2) is 37.0 Å². The van der Waals surface area contributed by atoms with Gasteiger partial charge in [0.25, 0.3) is 0 Å². The molecule has 0 bridgehead atoms. The summed E-state index contributed by atoms with van der Waals surface area (Å²) in [6, 6.07) is 4.82. The van der Waals surface area contributed by atoms with E-state index in [2.05, 4.69) is 0 Å². The molecule has 0 heterocycles. The van der Waals surface area contributed by atoms with Gasteiger partial charge in [0, 0.05) is 24.7 Å². The summed E-state index contributed by atoms with van der Waals surface area (Å²) in [5.41, 5.74) is -1.81. The topological polar surface area (TPSA) is 67.5 Å². The van der Waals surface area contributed by atoms with Gasteiger partial charge in [-0.15, -0.1) is 0 Å². The Morgan fingerprint density at radius 2 is 1.81 bits per heavy atom. The van der Waals surface area contributed by atoms with Gasteiger partial charge in [-0.3, -0.25) is 0 Å². The van der Waals surface area contributed by atoms with Crippen molar-refractivity contribution < 1.29 is 23.4 Å². The van der Waals surface area contributed by atoms with Gasteiger partial charge < -0.3 is 15.1 Å². The molecule has 116 valence electrons. The summed E-state index contributed by atoms with van der Waals surface area (Å²) in [5.74, 6) is 0. The normalized spacial score (nSPS) is 12.1. The highest BCUT2D eigenvalue weighted by atomic mass is 19.4. The summed E-state index contributed by atoms with van der Waals surface area (Å²) in [6.45, 7) is 1.36. The van der Waals surface area contributed by atoms with Crippen molar-refractivity contribution in [3.8, 4) is 6.07 Å². The zero-order chi connectivity index (χ0) is 16.3. The fraction of sp³-hybridized carbons (Fsp3) is 0.500. The van der Waals surface area contributed by atoms with E-state index in [1.54, 1.807) is 24.9 Å². The first-order chi connectivity index (χ1) is 9.66. The Morgan fingerprint density at radius 1 is 1.24 bits per heavy atom. The molecule has 0 unspecified atom stereocenters. The van der Waals surface area contributed by atoms with Crippen LogP contribution in [-0.2, 0) is 6.18 Å². The van der Waals surface area contributed by atoms with Crippen molar-refractivity contribution in [1.29, 1.82) is 5.26 Å². The molecule has 0 aromatic heterocycles. The molecule has 0 spiro atoms. The van der Waals surface area contributed by atoms with Gasteiger partial charge in [-0.2, -0.15) is 18.4 Å². The molecule has 0 aliphatic heterocycles. The first kappa shape index (κ1) is 17.3. The Hall–Kier alpha value is -1.78. The number of nitriles is 1. The summed E-state index contributed by atoms with van der Waals surface area (Å²) in [4.78, 5) is 1.59. The molecule has 0 aliphatic rings. The lowest BCUT2D eigenvalue weighted by Gasteiger charge is -2.31. The minimum Gasteiger partial charge on any atom is -0.396 e. The molecular weight excluding hydrogens is 285 g/mol. The van der Waals surface area contributed by atoms with Gasteiger partial charge in [0.15, 0.2) is 0 Å². The highest BCUT2D eigenvalue weighted by Gasteiger charge is 2.34. The molecular formula is C14H17F3N2O2. The lowest BCUT2D eigenvalue weighted by atomic mass is 9.92. The van der Waals surface area contributed by atoms with E-state index in [0.717, 1.165) is 12.1 Å². The van der Waals surface area contributed by atoms with Crippen LogP contribution < -0.4 is 4.90 Å². The van der Waals surface area contributed by atoms with E-state index in [1.165, 1.54) is 6.07 Å². The zero-order valence-corrected chi connectivity index (χ0v) is 11.8. The third kappa shape index (κ3) is 4.09. The van der Waals surface area contributed by atoms with Crippen molar-refractivity contribution in [2.24, 2.45) is 5.41 Å². The minimum absolute atomic E-state index is 0.232. The van der Waals surface area contributed by atoms with Crippen LogP contribution in [0, 0.1) is 16.7 Å². The fourth-order valence-corrected chi connectivity index (χ4v) is 1.92. The van der Waals surface area contributed by atoms with E-state index in [9.17, 15) is 23.4 Å². The fourth-order valence-electron chi connectivity index (χ4n) is 1.92. The molecule has 0 saturated carbocycles.